The molecule has 7 heteroatoms. The van der Waals surface area contributed by atoms with Crippen molar-refractivity contribution in [3.63, 3.8) is 0 Å². The van der Waals surface area contributed by atoms with Crippen molar-refractivity contribution < 1.29 is 14.3 Å². The molecule has 0 bridgehead atoms. The van der Waals surface area contributed by atoms with E-state index in [0.29, 0.717) is 43.4 Å². The number of amides is 1. The van der Waals surface area contributed by atoms with Crippen molar-refractivity contribution in [2.75, 3.05) is 13.2 Å². The molecule has 0 atom stereocenters. The van der Waals surface area contributed by atoms with Gasteiger partial charge < -0.3 is 18.9 Å². The van der Waals surface area contributed by atoms with Crippen LogP contribution in [0.15, 0.2) is 67.0 Å². The van der Waals surface area contributed by atoms with E-state index in [9.17, 15) is 4.79 Å². The molecule has 4 aromatic rings. The van der Waals surface area contributed by atoms with Crippen molar-refractivity contribution in [2.45, 2.75) is 33.9 Å². The van der Waals surface area contributed by atoms with Crippen LogP contribution in [0, 0.1) is 6.92 Å². The van der Waals surface area contributed by atoms with Gasteiger partial charge in [-0.25, -0.2) is 4.68 Å². The fraction of sp³-hybridized carbons (Fsp3) is 0.259. The van der Waals surface area contributed by atoms with Crippen LogP contribution in [0.4, 0.5) is 0 Å². The van der Waals surface area contributed by atoms with Gasteiger partial charge in [-0.1, -0.05) is 18.2 Å². The smallest absolute Gasteiger partial charge is 0.254 e. The number of fused-ring (bicyclic) bond motifs is 1. The molecule has 1 aliphatic heterocycles. The van der Waals surface area contributed by atoms with Gasteiger partial charge in [0.25, 0.3) is 5.91 Å². The minimum atomic E-state index is -0.0529. The summed E-state index contributed by atoms with van der Waals surface area (Å²) in [4.78, 5) is 15.3. The van der Waals surface area contributed by atoms with Crippen molar-refractivity contribution in [3.8, 4) is 23.0 Å². The fourth-order valence-corrected chi connectivity index (χ4v) is 4.42. The summed E-state index contributed by atoms with van der Waals surface area (Å²) in [6.45, 7) is 7.91. The molecule has 2 aromatic heterocycles. The first-order valence-electron chi connectivity index (χ1n) is 11.6. The summed E-state index contributed by atoms with van der Waals surface area (Å²) in [5.74, 6) is 2.15. The van der Waals surface area contributed by atoms with Crippen LogP contribution < -0.4 is 9.47 Å². The van der Waals surface area contributed by atoms with Crippen LogP contribution >= 0.6 is 0 Å². The predicted molar refractivity (Wildman–Crippen MR) is 130 cm³/mol. The molecule has 0 saturated carbocycles. The third kappa shape index (κ3) is 3.83. The lowest BCUT2D eigenvalue weighted by Gasteiger charge is -2.19. The maximum atomic E-state index is 13.4. The molecule has 7 nitrogen and oxygen atoms in total. The molecule has 0 unspecified atom stereocenters. The van der Waals surface area contributed by atoms with Crippen LogP contribution in [0.2, 0.25) is 0 Å². The summed E-state index contributed by atoms with van der Waals surface area (Å²) < 4.78 is 15.4. The Bertz CT molecular complexity index is 1320. The number of carbonyl (C=O) groups is 1. The fourth-order valence-electron chi connectivity index (χ4n) is 4.42. The monoisotopic (exact) mass is 456 g/mol. The van der Waals surface area contributed by atoms with Crippen LogP contribution in [0.1, 0.15) is 41.0 Å². The second kappa shape index (κ2) is 9.09. The molecular formula is C27H28N4O3. The zero-order valence-corrected chi connectivity index (χ0v) is 19.7. The number of carbonyl (C=O) groups excluding carboxylic acids is 1. The highest BCUT2D eigenvalue weighted by molar-refractivity contribution is 5.95. The number of rotatable bonds is 7. The van der Waals surface area contributed by atoms with Gasteiger partial charge in [0, 0.05) is 23.5 Å². The van der Waals surface area contributed by atoms with Crippen LogP contribution in [-0.4, -0.2) is 38.4 Å². The average Bonchev–Trinajstić information content (AvgIpc) is 3.57. The highest BCUT2D eigenvalue weighted by atomic mass is 16.5. The van der Waals surface area contributed by atoms with E-state index in [1.54, 1.807) is 18.2 Å². The molecule has 3 heterocycles. The van der Waals surface area contributed by atoms with Crippen LogP contribution in [0.25, 0.3) is 11.5 Å². The van der Waals surface area contributed by atoms with E-state index < -0.39 is 0 Å². The predicted octanol–water partition coefficient (Wildman–Crippen LogP) is 4.92. The Morgan fingerprint density at radius 2 is 1.68 bits per heavy atom. The number of ether oxygens (including phenoxy) is 2. The lowest BCUT2D eigenvalue weighted by molar-refractivity contribution is 0.0748. The Labute approximate surface area is 199 Å². The van der Waals surface area contributed by atoms with Crippen molar-refractivity contribution in [2.24, 2.45) is 0 Å². The first kappa shape index (κ1) is 21.8. The minimum Gasteiger partial charge on any atom is -0.490 e. The van der Waals surface area contributed by atoms with E-state index >= 15 is 0 Å². The van der Waals surface area contributed by atoms with Gasteiger partial charge in [0.15, 0.2) is 11.5 Å². The number of benzene rings is 2. The molecule has 0 spiro atoms. The number of aryl methyl sites for hydroxylation is 1. The Kier molecular flexibility index (Phi) is 5.84. The van der Waals surface area contributed by atoms with E-state index in [1.165, 1.54) is 0 Å². The molecule has 0 radical (unpaired) electrons. The van der Waals surface area contributed by atoms with E-state index in [2.05, 4.69) is 23.6 Å². The summed E-state index contributed by atoms with van der Waals surface area (Å²) in [7, 11) is 0. The van der Waals surface area contributed by atoms with E-state index in [4.69, 9.17) is 14.6 Å². The summed E-state index contributed by atoms with van der Waals surface area (Å²) in [6.07, 6.45) is 4.02. The van der Waals surface area contributed by atoms with Crippen LogP contribution in [0.3, 0.4) is 0 Å². The molecule has 1 amide bonds. The Balaban J connectivity index is 1.48. The highest BCUT2D eigenvalue weighted by Crippen LogP contribution is 2.34. The first-order chi connectivity index (χ1) is 16.6. The van der Waals surface area contributed by atoms with Gasteiger partial charge in [0.1, 0.15) is 5.82 Å². The van der Waals surface area contributed by atoms with Crippen molar-refractivity contribution in [3.05, 3.63) is 89.4 Å². The molecule has 0 N–H and O–H groups in total. The molecule has 0 saturated heterocycles. The second-order valence-corrected chi connectivity index (χ2v) is 8.23. The maximum absolute atomic E-state index is 13.4. The third-order valence-corrected chi connectivity index (χ3v) is 6.00. The molecular weight excluding hydrogens is 428 g/mol. The van der Waals surface area contributed by atoms with Crippen molar-refractivity contribution >= 4 is 5.91 Å². The Hall–Kier alpha value is -4.00. The van der Waals surface area contributed by atoms with Gasteiger partial charge in [0.05, 0.1) is 37.7 Å². The molecule has 1 aliphatic rings. The zero-order chi connectivity index (χ0) is 23.7. The number of nitrogens with zero attached hydrogens (tertiary/aromatic N) is 4. The van der Waals surface area contributed by atoms with Gasteiger partial charge in [-0.3, -0.25) is 4.79 Å². The lowest BCUT2D eigenvalue weighted by atomic mass is 10.1. The maximum Gasteiger partial charge on any atom is 0.254 e. The van der Waals surface area contributed by atoms with Gasteiger partial charge in [0.2, 0.25) is 0 Å². The lowest BCUT2D eigenvalue weighted by Crippen LogP contribution is -2.26. The number of para-hydroxylation sites is 1. The number of hydrogen-bond donors (Lipinski definition) is 0. The standard InChI is InChI=1S/C27H28N4O3/c1-4-33-24-13-12-20(16-25(24)34-5-2)27(32)30-17-21-22(18-30)28-31(23-11-7-6-10-19(23)3)26(21)29-14-8-9-15-29/h6-16H,4-5,17-18H2,1-3H3. The third-order valence-electron chi connectivity index (χ3n) is 6.00. The van der Waals surface area contributed by atoms with Gasteiger partial charge in [-0.15, -0.1) is 0 Å². The molecule has 5 rings (SSSR count). The number of hydrogen-bond acceptors (Lipinski definition) is 4. The average molecular weight is 457 g/mol. The molecule has 2 aromatic carbocycles. The summed E-state index contributed by atoms with van der Waals surface area (Å²) in [6, 6.07) is 17.6. The topological polar surface area (TPSA) is 61.5 Å². The Morgan fingerprint density at radius 3 is 2.41 bits per heavy atom. The Morgan fingerprint density at radius 1 is 0.941 bits per heavy atom. The molecule has 174 valence electrons. The summed E-state index contributed by atoms with van der Waals surface area (Å²) in [5, 5.41) is 4.95. The quantitative estimate of drug-likeness (QED) is 0.396. The second-order valence-electron chi connectivity index (χ2n) is 8.23. The van der Waals surface area contributed by atoms with E-state index in [1.807, 2.05) is 60.1 Å². The van der Waals surface area contributed by atoms with E-state index in [-0.39, 0.29) is 5.91 Å². The highest BCUT2D eigenvalue weighted by Gasteiger charge is 2.32. The first-order valence-corrected chi connectivity index (χ1v) is 11.6. The van der Waals surface area contributed by atoms with Crippen LogP contribution in [-0.2, 0) is 13.1 Å². The zero-order valence-electron chi connectivity index (χ0n) is 19.7. The summed E-state index contributed by atoms with van der Waals surface area (Å²) in [5.41, 5.74) is 4.72. The normalized spacial score (nSPS) is 12.6. The van der Waals surface area contributed by atoms with Gasteiger partial charge in [-0.05, 0) is 62.7 Å². The minimum absolute atomic E-state index is 0.0529. The molecule has 34 heavy (non-hydrogen) atoms. The van der Waals surface area contributed by atoms with Crippen LogP contribution in [0.5, 0.6) is 11.5 Å². The van der Waals surface area contributed by atoms with E-state index in [0.717, 1.165) is 28.3 Å². The molecule has 0 fully saturated rings. The van der Waals surface area contributed by atoms with Crippen molar-refractivity contribution in [1.29, 1.82) is 0 Å². The largest absolute Gasteiger partial charge is 0.490 e. The SMILES string of the molecule is CCOc1ccc(C(=O)N2Cc3nn(-c4ccccc4C)c(-n4cccc4)c3C2)cc1OCC. The van der Waals surface area contributed by atoms with Crippen molar-refractivity contribution in [1.82, 2.24) is 19.2 Å². The molecule has 0 aliphatic carbocycles. The number of aromatic nitrogens is 3. The van der Waals surface area contributed by atoms with Gasteiger partial charge in [-0.2, -0.15) is 5.10 Å². The van der Waals surface area contributed by atoms with Gasteiger partial charge >= 0.3 is 0 Å². The summed E-state index contributed by atoms with van der Waals surface area (Å²) >= 11 is 0.